The highest BCUT2D eigenvalue weighted by atomic mass is 16.5. The van der Waals surface area contributed by atoms with Crippen LogP contribution in [0.3, 0.4) is 0 Å². The predicted molar refractivity (Wildman–Crippen MR) is 140 cm³/mol. The number of anilines is 2. The number of carbonyl (C=O) groups is 2. The van der Waals surface area contributed by atoms with Crippen molar-refractivity contribution in [2.75, 3.05) is 57.7 Å². The molecule has 1 fully saturated rings. The van der Waals surface area contributed by atoms with Crippen LogP contribution in [0.4, 0.5) is 11.4 Å². The van der Waals surface area contributed by atoms with Crippen molar-refractivity contribution in [1.82, 2.24) is 4.90 Å². The Morgan fingerprint density at radius 3 is 2.39 bits per heavy atom. The first-order valence-corrected chi connectivity index (χ1v) is 11.8. The summed E-state index contributed by atoms with van der Waals surface area (Å²) >= 11 is 0. The number of morpholine rings is 1. The van der Waals surface area contributed by atoms with Gasteiger partial charge in [-0.1, -0.05) is 24.3 Å². The number of nitrogens with one attached hydrogen (secondary N) is 2. The summed E-state index contributed by atoms with van der Waals surface area (Å²) in [6.45, 7) is 4.95. The molecule has 1 saturated heterocycles. The van der Waals surface area contributed by atoms with Crippen molar-refractivity contribution < 1.29 is 23.8 Å². The summed E-state index contributed by atoms with van der Waals surface area (Å²) in [6, 6.07) is 18.6. The van der Waals surface area contributed by atoms with Gasteiger partial charge in [0, 0.05) is 30.4 Å². The zero-order chi connectivity index (χ0) is 25.5. The van der Waals surface area contributed by atoms with E-state index in [4.69, 9.17) is 14.2 Å². The van der Waals surface area contributed by atoms with E-state index in [2.05, 4.69) is 10.6 Å². The summed E-state index contributed by atoms with van der Waals surface area (Å²) in [6.07, 6.45) is 0. The fraction of sp³-hybridized carbons (Fsp3) is 0.286. The van der Waals surface area contributed by atoms with Crippen molar-refractivity contribution in [2.24, 2.45) is 0 Å². The van der Waals surface area contributed by atoms with Crippen LogP contribution in [0.25, 0.3) is 11.1 Å². The summed E-state index contributed by atoms with van der Waals surface area (Å²) in [5, 5.41) is 5.84. The summed E-state index contributed by atoms with van der Waals surface area (Å²) in [4.78, 5) is 27.7. The Morgan fingerprint density at radius 2 is 1.69 bits per heavy atom. The van der Waals surface area contributed by atoms with Gasteiger partial charge in [-0.05, 0) is 53.9 Å². The van der Waals surface area contributed by atoms with Crippen LogP contribution in [0.2, 0.25) is 0 Å². The molecule has 0 aliphatic carbocycles. The molecule has 188 valence electrons. The van der Waals surface area contributed by atoms with Crippen LogP contribution in [-0.2, 0) is 9.53 Å². The van der Waals surface area contributed by atoms with E-state index in [9.17, 15) is 9.59 Å². The van der Waals surface area contributed by atoms with E-state index in [1.807, 2.05) is 48.2 Å². The molecule has 1 aliphatic heterocycles. The lowest BCUT2D eigenvalue weighted by Crippen LogP contribution is -2.41. The molecule has 0 spiro atoms. The summed E-state index contributed by atoms with van der Waals surface area (Å²) in [5.41, 5.74) is 4.54. The lowest BCUT2D eigenvalue weighted by molar-refractivity contribution is -0.118. The minimum Gasteiger partial charge on any atom is -0.497 e. The molecular formula is C28H31N3O5. The number of hydrogen-bond donors (Lipinski definition) is 2. The van der Waals surface area contributed by atoms with Gasteiger partial charge in [-0.2, -0.15) is 0 Å². The van der Waals surface area contributed by atoms with Gasteiger partial charge < -0.3 is 24.8 Å². The molecule has 0 aromatic heterocycles. The topological polar surface area (TPSA) is 89.1 Å². The van der Waals surface area contributed by atoms with Crippen LogP contribution in [0.15, 0.2) is 60.7 Å². The number of ether oxygens (including phenoxy) is 3. The lowest BCUT2D eigenvalue weighted by Gasteiger charge is -2.25. The Balaban J connectivity index is 1.46. The molecule has 3 aromatic rings. The minimum atomic E-state index is -0.228. The van der Waals surface area contributed by atoms with Crippen molar-refractivity contribution in [1.29, 1.82) is 0 Å². The molecule has 8 heteroatoms. The van der Waals surface area contributed by atoms with Gasteiger partial charge in [-0.15, -0.1) is 0 Å². The third-order valence-electron chi connectivity index (χ3n) is 6.18. The molecule has 2 N–H and O–H groups in total. The standard InChI is InChI=1S/C28H31N3O5/c1-19-23(20-7-10-22(34-2)11-8-20)5-4-6-24(19)28(33)29-21-9-12-25(26(17-21)35-3)30-27(32)18-31-13-15-36-16-14-31/h4-12,17H,13-16,18H2,1-3H3,(H,29,33)(H,30,32). The maximum atomic E-state index is 13.1. The molecule has 0 bridgehead atoms. The maximum absolute atomic E-state index is 13.1. The van der Waals surface area contributed by atoms with E-state index in [-0.39, 0.29) is 18.4 Å². The fourth-order valence-electron chi connectivity index (χ4n) is 4.19. The lowest BCUT2D eigenvalue weighted by atomic mass is 9.96. The zero-order valence-electron chi connectivity index (χ0n) is 20.8. The third kappa shape index (κ3) is 6.02. The quantitative estimate of drug-likeness (QED) is 0.493. The molecule has 36 heavy (non-hydrogen) atoms. The number of hydrogen-bond acceptors (Lipinski definition) is 6. The number of rotatable bonds is 8. The molecule has 1 heterocycles. The van der Waals surface area contributed by atoms with Gasteiger partial charge in [0.2, 0.25) is 5.91 Å². The predicted octanol–water partition coefficient (Wildman–Crippen LogP) is 4.20. The van der Waals surface area contributed by atoms with Crippen molar-refractivity contribution in [3.63, 3.8) is 0 Å². The maximum Gasteiger partial charge on any atom is 0.255 e. The highest BCUT2D eigenvalue weighted by Gasteiger charge is 2.17. The first-order chi connectivity index (χ1) is 17.5. The first kappa shape index (κ1) is 25.2. The van der Waals surface area contributed by atoms with E-state index in [1.54, 1.807) is 31.4 Å². The molecule has 4 rings (SSSR count). The number of carbonyl (C=O) groups excluding carboxylic acids is 2. The second-order valence-corrected chi connectivity index (χ2v) is 8.51. The summed E-state index contributed by atoms with van der Waals surface area (Å²) < 4.78 is 16.0. The van der Waals surface area contributed by atoms with Gasteiger partial charge in [-0.25, -0.2) is 0 Å². The number of amides is 2. The van der Waals surface area contributed by atoms with Gasteiger partial charge in [0.05, 0.1) is 39.7 Å². The average molecular weight is 490 g/mol. The van der Waals surface area contributed by atoms with Crippen LogP contribution < -0.4 is 20.1 Å². The van der Waals surface area contributed by atoms with Gasteiger partial charge in [-0.3, -0.25) is 14.5 Å². The largest absolute Gasteiger partial charge is 0.497 e. The minimum absolute atomic E-state index is 0.127. The number of nitrogens with zero attached hydrogens (tertiary/aromatic N) is 1. The fourth-order valence-corrected chi connectivity index (χ4v) is 4.19. The van der Waals surface area contributed by atoms with Crippen LogP contribution >= 0.6 is 0 Å². The molecule has 1 aliphatic rings. The molecule has 2 amide bonds. The van der Waals surface area contributed by atoms with E-state index in [0.717, 1.165) is 35.5 Å². The highest BCUT2D eigenvalue weighted by molar-refractivity contribution is 6.06. The smallest absolute Gasteiger partial charge is 0.255 e. The number of benzene rings is 3. The van der Waals surface area contributed by atoms with E-state index in [1.165, 1.54) is 7.11 Å². The highest BCUT2D eigenvalue weighted by Crippen LogP contribution is 2.30. The second kappa shape index (κ2) is 11.7. The van der Waals surface area contributed by atoms with Gasteiger partial charge in [0.25, 0.3) is 5.91 Å². The second-order valence-electron chi connectivity index (χ2n) is 8.51. The Kier molecular flexibility index (Phi) is 8.20. The average Bonchev–Trinajstić information content (AvgIpc) is 2.90. The molecule has 0 atom stereocenters. The van der Waals surface area contributed by atoms with Crippen molar-refractivity contribution in [3.8, 4) is 22.6 Å². The Labute approximate surface area is 211 Å². The molecule has 0 saturated carbocycles. The van der Waals surface area contributed by atoms with Crippen molar-refractivity contribution in [2.45, 2.75) is 6.92 Å². The monoisotopic (exact) mass is 489 g/mol. The van der Waals surface area contributed by atoms with Gasteiger partial charge >= 0.3 is 0 Å². The third-order valence-corrected chi connectivity index (χ3v) is 6.18. The Bertz CT molecular complexity index is 1220. The number of methoxy groups -OCH3 is 2. The van der Waals surface area contributed by atoms with Crippen LogP contribution in [-0.4, -0.2) is 63.8 Å². The summed E-state index contributed by atoms with van der Waals surface area (Å²) in [7, 11) is 3.16. The van der Waals surface area contributed by atoms with Gasteiger partial charge in [0.15, 0.2) is 0 Å². The zero-order valence-corrected chi connectivity index (χ0v) is 20.8. The van der Waals surface area contributed by atoms with E-state index >= 15 is 0 Å². The van der Waals surface area contributed by atoms with Crippen LogP contribution in [0, 0.1) is 6.92 Å². The molecule has 8 nitrogen and oxygen atoms in total. The summed E-state index contributed by atoms with van der Waals surface area (Å²) in [5.74, 6) is 0.888. The Hall–Kier alpha value is -3.88. The van der Waals surface area contributed by atoms with E-state index in [0.29, 0.717) is 35.9 Å². The van der Waals surface area contributed by atoms with Crippen molar-refractivity contribution in [3.05, 3.63) is 71.8 Å². The molecular weight excluding hydrogens is 458 g/mol. The molecule has 0 unspecified atom stereocenters. The first-order valence-electron chi connectivity index (χ1n) is 11.8. The molecule has 0 radical (unpaired) electrons. The SMILES string of the molecule is COc1ccc(-c2cccc(C(=O)Nc3ccc(NC(=O)CN4CCOCC4)c(OC)c3)c2C)cc1. The van der Waals surface area contributed by atoms with Crippen molar-refractivity contribution >= 4 is 23.2 Å². The normalized spacial score (nSPS) is 13.6. The molecule has 3 aromatic carbocycles. The van der Waals surface area contributed by atoms with Crippen LogP contribution in [0.5, 0.6) is 11.5 Å². The Morgan fingerprint density at radius 1 is 0.944 bits per heavy atom. The van der Waals surface area contributed by atoms with Gasteiger partial charge in [0.1, 0.15) is 11.5 Å². The van der Waals surface area contributed by atoms with E-state index < -0.39 is 0 Å². The van der Waals surface area contributed by atoms with Crippen LogP contribution in [0.1, 0.15) is 15.9 Å².